The molecule has 1 aromatic carbocycles. The maximum atomic E-state index is 5.95. The number of H-pyrrole nitrogens is 1. The summed E-state index contributed by atoms with van der Waals surface area (Å²) >= 11 is 0. The van der Waals surface area contributed by atoms with E-state index in [1.54, 1.807) is 0 Å². The highest BCUT2D eigenvalue weighted by Crippen LogP contribution is 2.28. The first-order valence-corrected chi connectivity index (χ1v) is 4.97. The van der Waals surface area contributed by atoms with Gasteiger partial charge >= 0.3 is 0 Å². The van der Waals surface area contributed by atoms with Crippen LogP contribution in [0.3, 0.4) is 0 Å². The van der Waals surface area contributed by atoms with Crippen molar-refractivity contribution in [2.24, 2.45) is 0 Å². The molecule has 0 atom stereocenters. The summed E-state index contributed by atoms with van der Waals surface area (Å²) in [6, 6.07) is 6.00. The number of nitrogens with one attached hydrogen (secondary N) is 1. The summed E-state index contributed by atoms with van der Waals surface area (Å²) in [5, 5.41) is 7.26. The molecule has 3 heteroatoms. The Bertz CT molecular complexity index is 498. The highest BCUT2D eigenvalue weighted by molar-refractivity contribution is 5.76. The molecule has 0 aliphatic rings. The van der Waals surface area contributed by atoms with Crippen LogP contribution in [0.15, 0.2) is 18.2 Å². The van der Waals surface area contributed by atoms with Crippen molar-refractivity contribution < 1.29 is 0 Å². The van der Waals surface area contributed by atoms with Gasteiger partial charge in [-0.2, -0.15) is 5.10 Å². The predicted molar refractivity (Wildman–Crippen MR) is 62.6 cm³/mol. The fourth-order valence-electron chi connectivity index (χ4n) is 1.62. The molecule has 0 aliphatic carbocycles. The lowest BCUT2D eigenvalue weighted by Gasteiger charge is -2.04. The first-order chi connectivity index (χ1) is 7.09. The largest absolute Gasteiger partial charge is 0.398 e. The molecule has 3 nitrogen and oxygen atoms in total. The van der Waals surface area contributed by atoms with Crippen molar-refractivity contribution in [2.45, 2.75) is 20.8 Å². The molecule has 0 unspecified atom stereocenters. The van der Waals surface area contributed by atoms with E-state index < -0.39 is 0 Å². The molecular weight excluding hydrogens is 186 g/mol. The monoisotopic (exact) mass is 201 g/mol. The van der Waals surface area contributed by atoms with Gasteiger partial charge in [0.05, 0.1) is 5.69 Å². The molecule has 2 aromatic rings. The van der Waals surface area contributed by atoms with E-state index in [1.807, 2.05) is 19.1 Å². The van der Waals surface area contributed by atoms with Crippen LogP contribution in [0.1, 0.15) is 16.8 Å². The second-order valence-corrected chi connectivity index (χ2v) is 3.91. The van der Waals surface area contributed by atoms with Crippen molar-refractivity contribution in [1.29, 1.82) is 0 Å². The zero-order valence-electron chi connectivity index (χ0n) is 9.26. The smallest absolute Gasteiger partial charge is 0.0973 e. The lowest BCUT2D eigenvalue weighted by atomic mass is 10.0. The van der Waals surface area contributed by atoms with Gasteiger partial charge in [0, 0.05) is 16.9 Å². The van der Waals surface area contributed by atoms with Gasteiger partial charge in [0.2, 0.25) is 0 Å². The molecule has 0 radical (unpaired) electrons. The molecule has 0 bridgehead atoms. The Morgan fingerprint density at radius 3 is 2.53 bits per heavy atom. The molecule has 0 saturated carbocycles. The van der Waals surface area contributed by atoms with Gasteiger partial charge in [-0.1, -0.05) is 11.6 Å². The van der Waals surface area contributed by atoms with Crippen molar-refractivity contribution >= 4 is 5.69 Å². The number of hydrogen-bond acceptors (Lipinski definition) is 2. The standard InChI is InChI=1S/C12H15N3/c1-7-4-5-11(13)10(6-7)12-8(2)9(3)14-15-12/h4-6H,13H2,1-3H3,(H,14,15). The summed E-state index contributed by atoms with van der Waals surface area (Å²) in [6.45, 7) is 6.12. The molecule has 0 spiro atoms. The molecule has 0 amide bonds. The Hall–Kier alpha value is -1.77. The first kappa shape index (κ1) is 9.77. The molecule has 0 aliphatic heterocycles. The van der Waals surface area contributed by atoms with E-state index in [0.717, 1.165) is 28.2 Å². The Labute approximate surface area is 89.3 Å². The second-order valence-electron chi connectivity index (χ2n) is 3.91. The quantitative estimate of drug-likeness (QED) is 0.697. The van der Waals surface area contributed by atoms with E-state index in [4.69, 9.17) is 5.73 Å². The van der Waals surface area contributed by atoms with Crippen LogP contribution >= 0.6 is 0 Å². The van der Waals surface area contributed by atoms with Crippen molar-refractivity contribution in [1.82, 2.24) is 10.2 Å². The minimum atomic E-state index is 0.773. The normalized spacial score (nSPS) is 10.6. The number of nitrogen functional groups attached to an aromatic ring is 1. The Balaban J connectivity index is 2.63. The van der Waals surface area contributed by atoms with Crippen LogP contribution in [0.5, 0.6) is 0 Å². The molecule has 2 rings (SSSR count). The number of nitrogens with two attached hydrogens (primary N) is 1. The van der Waals surface area contributed by atoms with Gasteiger partial charge in [-0.25, -0.2) is 0 Å². The summed E-state index contributed by atoms with van der Waals surface area (Å²) in [4.78, 5) is 0. The summed E-state index contributed by atoms with van der Waals surface area (Å²) < 4.78 is 0. The fraction of sp³-hybridized carbons (Fsp3) is 0.250. The maximum absolute atomic E-state index is 5.95. The third-order valence-electron chi connectivity index (χ3n) is 2.72. The van der Waals surface area contributed by atoms with Crippen molar-refractivity contribution in [3.63, 3.8) is 0 Å². The number of anilines is 1. The fourth-order valence-corrected chi connectivity index (χ4v) is 1.62. The molecule has 1 aromatic heterocycles. The number of rotatable bonds is 1. The average Bonchev–Trinajstić information content (AvgIpc) is 2.52. The Morgan fingerprint density at radius 1 is 1.20 bits per heavy atom. The highest BCUT2D eigenvalue weighted by atomic mass is 15.1. The van der Waals surface area contributed by atoms with E-state index in [2.05, 4.69) is 30.1 Å². The topological polar surface area (TPSA) is 54.7 Å². The Morgan fingerprint density at radius 2 is 1.93 bits per heavy atom. The summed E-state index contributed by atoms with van der Waals surface area (Å²) in [5.74, 6) is 0. The Kier molecular flexibility index (Phi) is 2.23. The van der Waals surface area contributed by atoms with Gasteiger partial charge in [0.25, 0.3) is 0 Å². The van der Waals surface area contributed by atoms with E-state index in [-0.39, 0.29) is 0 Å². The van der Waals surface area contributed by atoms with Crippen LogP contribution in [0, 0.1) is 20.8 Å². The van der Waals surface area contributed by atoms with Crippen molar-refractivity contribution in [3.8, 4) is 11.3 Å². The number of nitrogens with zero attached hydrogens (tertiary/aromatic N) is 1. The van der Waals surface area contributed by atoms with E-state index >= 15 is 0 Å². The lowest BCUT2D eigenvalue weighted by Crippen LogP contribution is -1.92. The number of aromatic nitrogens is 2. The molecular formula is C12H15N3. The maximum Gasteiger partial charge on any atom is 0.0973 e. The van der Waals surface area contributed by atoms with Gasteiger partial charge in [-0.15, -0.1) is 0 Å². The minimum Gasteiger partial charge on any atom is -0.398 e. The molecule has 78 valence electrons. The zero-order valence-corrected chi connectivity index (χ0v) is 9.26. The van der Waals surface area contributed by atoms with Gasteiger partial charge in [-0.05, 0) is 38.5 Å². The third kappa shape index (κ3) is 1.61. The molecule has 15 heavy (non-hydrogen) atoms. The molecule has 3 N–H and O–H groups in total. The summed E-state index contributed by atoms with van der Waals surface area (Å²) in [5.41, 5.74) is 12.1. The third-order valence-corrected chi connectivity index (χ3v) is 2.72. The molecule has 0 saturated heterocycles. The van der Waals surface area contributed by atoms with Crippen LogP contribution in [0.2, 0.25) is 0 Å². The van der Waals surface area contributed by atoms with Crippen LogP contribution < -0.4 is 5.73 Å². The molecule has 1 heterocycles. The van der Waals surface area contributed by atoms with Crippen molar-refractivity contribution in [2.75, 3.05) is 5.73 Å². The van der Waals surface area contributed by atoms with Gasteiger partial charge in [-0.3, -0.25) is 5.10 Å². The van der Waals surface area contributed by atoms with Crippen LogP contribution in [-0.4, -0.2) is 10.2 Å². The van der Waals surface area contributed by atoms with Gasteiger partial charge in [0.15, 0.2) is 0 Å². The SMILES string of the molecule is Cc1ccc(N)c(-c2n[nH]c(C)c2C)c1. The van der Waals surface area contributed by atoms with Crippen LogP contribution in [0.4, 0.5) is 5.69 Å². The van der Waals surface area contributed by atoms with Gasteiger partial charge < -0.3 is 5.73 Å². The van der Waals surface area contributed by atoms with Crippen molar-refractivity contribution in [3.05, 3.63) is 35.0 Å². The van der Waals surface area contributed by atoms with Crippen LogP contribution in [-0.2, 0) is 0 Å². The molecule has 0 fully saturated rings. The van der Waals surface area contributed by atoms with E-state index in [9.17, 15) is 0 Å². The number of benzene rings is 1. The number of aryl methyl sites for hydroxylation is 2. The van der Waals surface area contributed by atoms with Crippen LogP contribution in [0.25, 0.3) is 11.3 Å². The lowest BCUT2D eigenvalue weighted by molar-refractivity contribution is 1.05. The highest BCUT2D eigenvalue weighted by Gasteiger charge is 2.10. The van der Waals surface area contributed by atoms with Gasteiger partial charge in [0.1, 0.15) is 0 Å². The summed E-state index contributed by atoms with van der Waals surface area (Å²) in [7, 11) is 0. The van der Waals surface area contributed by atoms with E-state index in [1.165, 1.54) is 5.56 Å². The average molecular weight is 201 g/mol. The minimum absolute atomic E-state index is 0.773. The van der Waals surface area contributed by atoms with E-state index in [0.29, 0.717) is 0 Å². The first-order valence-electron chi connectivity index (χ1n) is 4.97. The number of aromatic amines is 1. The summed E-state index contributed by atoms with van der Waals surface area (Å²) in [6.07, 6.45) is 0. The second kappa shape index (κ2) is 3.42. The zero-order chi connectivity index (χ0) is 11.0. The number of hydrogen-bond donors (Lipinski definition) is 2. The predicted octanol–water partition coefficient (Wildman–Crippen LogP) is 2.58.